The summed E-state index contributed by atoms with van der Waals surface area (Å²) >= 11 is 0. The summed E-state index contributed by atoms with van der Waals surface area (Å²) in [6.45, 7) is 2.48. The molecule has 2 fully saturated rings. The topological polar surface area (TPSA) is 87.9 Å². The number of aryl methyl sites for hydroxylation is 1. The normalized spacial score (nSPS) is 22.1. The van der Waals surface area contributed by atoms with Crippen LogP contribution in [0.2, 0.25) is 0 Å². The van der Waals surface area contributed by atoms with Crippen molar-refractivity contribution in [3.05, 3.63) is 29.2 Å². The van der Waals surface area contributed by atoms with E-state index in [0.29, 0.717) is 29.9 Å². The quantitative estimate of drug-likeness (QED) is 0.941. The van der Waals surface area contributed by atoms with Crippen molar-refractivity contribution in [2.24, 2.45) is 0 Å². The molecule has 1 atom stereocenters. The van der Waals surface area contributed by atoms with Gasteiger partial charge in [0.1, 0.15) is 5.69 Å². The van der Waals surface area contributed by atoms with Crippen molar-refractivity contribution < 1.29 is 9.32 Å². The zero-order chi connectivity index (χ0) is 15.8. The van der Waals surface area contributed by atoms with E-state index in [9.17, 15) is 4.79 Å². The lowest BCUT2D eigenvalue weighted by Gasteiger charge is -2.27. The van der Waals surface area contributed by atoms with Gasteiger partial charge in [0.25, 0.3) is 5.91 Å². The Morgan fingerprint density at radius 3 is 2.91 bits per heavy atom. The van der Waals surface area contributed by atoms with E-state index in [1.807, 2.05) is 11.0 Å². The lowest BCUT2D eigenvalue weighted by molar-refractivity contribution is 0.0664. The molecule has 4 rings (SSSR count). The van der Waals surface area contributed by atoms with E-state index in [1.165, 1.54) is 12.8 Å². The lowest BCUT2D eigenvalue weighted by atomic mass is 10.1. The molecule has 2 aliphatic rings. The van der Waals surface area contributed by atoms with E-state index in [1.54, 1.807) is 6.92 Å². The number of carbonyl (C=O) groups excluding carboxylic acids is 1. The van der Waals surface area contributed by atoms with E-state index in [2.05, 4.69) is 20.3 Å². The fourth-order valence-electron chi connectivity index (χ4n) is 3.27. The van der Waals surface area contributed by atoms with Crippen LogP contribution in [0.3, 0.4) is 0 Å². The number of hydrogen-bond acceptors (Lipinski definition) is 5. The summed E-state index contributed by atoms with van der Waals surface area (Å²) in [6.07, 6.45) is 6.42. The third kappa shape index (κ3) is 2.87. The van der Waals surface area contributed by atoms with Crippen molar-refractivity contribution in [3.63, 3.8) is 0 Å². The molecule has 1 aliphatic carbocycles. The van der Waals surface area contributed by atoms with Gasteiger partial charge in [0.05, 0.1) is 6.04 Å². The number of aromatic amines is 1. The SMILES string of the molecule is Cc1nc([C@@H]2CCCCCN2C(=O)c2cc(C3CC3)[nH]n2)no1. The van der Waals surface area contributed by atoms with Crippen molar-refractivity contribution in [1.29, 1.82) is 0 Å². The van der Waals surface area contributed by atoms with Crippen LogP contribution >= 0.6 is 0 Å². The Morgan fingerprint density at radius 2 is 2.17 bits per heavy atom. The van der Waals surface area contributed by atoms with Gasteiger partial charge in [-0.05, 0) is 31.7 Å². The molecule has 1 aliphatic heterocycles. The van der Waals surface area contributed by atoms with Crippen LogP contribution in [0.1, 0.15) is 78.4 Å². The molecule has 2 aromatic rings. The van der Waals surface area contributed by atoms with Crippen molar-refractivity contribution >= 4 is 5.91 Å². The van der Waals surface area contributed by atoms with Crippen molar-refractivity contribution in [2.75, 3.05) is 6.54 Å². The highest BCUT2D eigenvalue weighted by Gasteiger charge is 2.33. The first-order valence-electron chi connectivity index (χ1n) is 8.39. The molecule has 0 aromatic carbocycles. The van der Waals surface area contributed by atoms with Crippen LogP contribution in [0.5, 0.6) is 0 Å². The number of nitrogens with one attached hydrogen (secondary N) is 1. The standard InChI is InChI=1S/C16H21N5O2/c1-10-17-15(20-23-10)14-5-3-2-4-8-21(14)16(22)13-9-12(18-19-13)11-6-7-11/h9,11,14H,2-8H2,1H3,(H,18,19)/t14-/m0/s1. The van der Waals surface area contributed by atoms with Crippen molar-refractivity contribution in [3.8, 4) is 0 Å². The van der Waals surface area contributed by atoms with Gasteiger partial charge in [0.15, 0.2) is 5.82 Å². The Hall–Kier alpha value is -2.18. The van der Waals surface area contributed by atoms with E-state index >= 15 is 0 Å². The molecule has 3 heterocycles. The Kier molecular flexibility index (Phi) is 3.63. The Labute approximate surface area is 134 Å². The van der Waals surface area contributed by atoms with Crippen molar-refractivity contribution in [2.45, 2.75) is 57.4 Å². The molecular weight excluding hydrogens is 294 g/mol. The second kappa shape index (κ2) is 5.79. The number of rotatable bonds is 3. The van der Waals surface area contributed by atoms with E-state index in [4.69, 9.17) is 4.52 Å². The number of carbonyl (C=O) groups is 1. The molecule has 122 valence electrons. The van der Waals surface area contributed by atoms with E-state index in [0.717, 1.165) is 31.4 Å². The van der Waals surface area contributed by atoms with Gasteiger partial charge in [-0.2, -0.15) is 10.1 Å². The molecule has 1 saturated carbocycles. The minimum atomic E-state index is -0.122. The summed E-state index contributed by atoms with van der Waals surface area (Å²) in [6, 6.07) is 1.78. The van der Waals surface area contributed by atoms with E-state index in [-0.39, 0.29) is 11.9 Å². The zero-order valence-corrected chi connectivity index (χ0v) is 13.3. The fourth-order valence-corrected chi connectivity index (χ4v) is 3.27. The maximum absolute atomic E-state index is 13.0. The van der Waals surface area contributed by atoms with Gasteiger partial charge < -0.3 is 9.42 Å². The third-order valence-electron chi connectivity index (χ3n) is 4.69. The molecule has 0 spiro atoms. The first-order chi connectivity index (χ1) is 11.2. The average Bonchev–Trinajstić information content (AvgIpc) is 3.21. The van der Waals surface area contributed by atoms with Crippen LogP contribution in [0.25, 0.3) is 0 Å². The smallest absolute Gasteiger partial charge is 0.274 e. The second-order valence-electron chi connectivity index (χ2n) is 6.52. The Morgan fingerprint density at radius 1 is 1.30 bits per heavy atom. The molecule has 1 N–H and O–H groups in total. The van der Waals surface area contributed by atoms with Crippen LogP contribution in [0.4, 0.5) is 0 Å². The van der Waals surface area contributed by atoms with Crippen LogP contribution in [0, 0.1) is 6.92 Å². The summed E-state index contributed by atoms with van der Waals surface area (Å²) < 4.78 is 5.12. The Bertz CT molecular complexity index is 703. The Balaban J connectivity index is 1.60. The van der Waals surface area contributed by atoms with Gasteiger partial charge in [-0.15, -0.1) is 0 Å². The van der Waals surface area contributed by atoms with Crippen LogP contribution < -0.4 is 0 Å². The summed E-state index contributed by atoms with van der Waals surface area (Å²) in [7, 11) is 0. The molecule has 23 heavy (non-hydrogen) atoms. The van der Waals surface area contributed by atoms with Gasteiger partial charge in [-0.3, -0.25) is 9.89 Å². The molecule has 1 amide bonds. The molecule has 7 nitrogen and oxygen atoms in total. The first-order valence-corrected chi connectivity index (χ1v) is 8.39. The van der Waals surface area contributed by atoms with Crippen LogP contribution in [-0.2, 0) is 0 Å². The molecule has 2 aromatic heterocycles. The first kappa shape index (κ1) is 14.4. The minimum absolute atomic E-state index is 0.0393. The highest BCUT2D eigenvalue weighted by molar-refractivity contribution is 5.92. The number of H-pyrrole nitrogens is 1. The van der Waals surface area contributed by atoms with Crippen LogP contribution in [-0.4, -0.2) is 37.7 Å². The molecule has 1 saturated heterocycles. The van der Waals surface area contributed by atoms with Gasteiger partial charge in [-0.1, -0.05) is 18.0 Å². The average molecular weight is 315 g/mol. The second-order valence-corrected chi connectivity index (χ2v) is 6.52. The molecule has 7 heteroatoms. The van der Waals surface area contributed by atoms with Crippen LogP contribution in [0.15, 0.2) is 10.6 Å². The maximum atomic E-state index is 13.0. The van der Waals surface area contributed by atoms with Crippen molar-refractivity contribution in [1.82, 2.24) is 25.2 Å². The monoisotopic (exact) mass is 315 g/mol. The number of amides is 1. The molecule has 0 bridgehead atoms. The summed E-state index contributed by atoms with van der Waals surface area (Å²) in [5.41, 5.74) is 1.58. The number of likely N-dealkylation sites (tertiary alicyclic amines) is 1. The highest BCUT2D eigenvalue weighted by atomic mass is 16.5. The van der Waals surface area contributed by atoms with Gasteiger partial charge >= 0.3 is 0 Å². The van der Waals surface area contributed by atoms with E-state index < -0.39 is 0 Å². The summed E-state index contributed by atoms with van der Waals surface area (Å²) in [4.78, 5) is 19.2. The zero-order valence-electron chi connectivity index (χ0n) is 13.3. The summed E-state index contributed by atoms with van der Waals surface area (Å²) in [5, 5.41) is 11.3. The molecule has 0 unspecified atom stereocenters. The van der Waals surface area contributed by atoms with Gasteiger partial charge in [0.2, 0.25) is 5.89 Å². The van der Waals surface area contributed by atoms with Gasteiger partial charge in [0, 0.05) is 25.1 Å². The van der Waals surface area contributed by atoms with Gasteiger partial charge in [-0.25, -0.2) is 0 Å². The molecule has 0 radical (unpaired) electrons. The number of aromatic nitrogens is 4. The molecular formula is C16H21N5O2. The lowest BCUT2D eigenvalue weighted by Crippen LogP contribution is -2.35. The number of nitrogens with zero attached hydrogens (tertiary/aromatic N) is 4. The predicted octanol–water partition coefficient (Wildman–Crippen LogP) is 2.74. The number of hydrogen-bond donors (Lipinski definition) is 1. The minimum Gasteiger partial charge on any atom is -0.340 e. The maximum Gasteiger partial charge on any atom is 0.274 e. The predicted molar refractivity (Wildman–Crippen MR) is 81.8 cm³/mol. The fraction of sp³-hybridized carbons (Fsp3) is 0.625. The summed E-state index contributed by atoms with van der Waals surface area (Å²) in [5.74, 6) is 1.66. The highest BCUT2D eigenvalue weighted by Crippen LogP contribution is 2.39. The third-order valence-corrected chi connectivity index (χ3v) is 4.69. The largest absolute Gasteiger partial charge is 0.340 e.